The Balaban J connectivity index is 1.66. The quantitative estimate of drug-likeness (QED) is 0.418. The van der Waals surface area contributed by atoms with Crippen LogP contribution in [0.1, 0.15) is 11.1 Å². The largest absolute Gasteiger partial charge is 0.497 e. The van der Waals surface area contributed by atoms with Crippen molar-refractivity contribution in [3.05, 3.63) is 111 Å². The molecule has 0 saturated carbocycles. The molecule has 0 atom stereocenters. The van der Waals surface area contributed by atoms with Gasteiger partial charge in [-0.25, -0.2) is 13.9 Å². The molecule has 0 N–H and O–H groups in total. The van der Waals surface area contributed by atoms with E-state index in [0.717, 1.165) is 11.1 Å². The number of fused-ring (bicyclic) bond motifs is 3. The standard InChI is InChI=1S/C25H22N4O3/c1-32-20-11-7-10-19(16-20)17-28-25(31)29-22-13-6-5-12-21(22)23(30)27(24(29)26-28)15-14-18-8-3-2-4-9-18/h2-13,16H,14-15,17H2,1H3. The number of hydrogen-bond acceptors (Lipinski definition) is 4. The smallest absolute Gasteiger partial charge is 0.352 e. The lowest BCUT2D eigenvalue weighted by atomic mass is 10.1. The van der Waals surface area contributed by atoms with E-state index < -0.39 is 0 Å². The molecule has 0 fully saturated rings. The van der Waals surface area contributed by atoms with Crippen molar-refractivity contribution in [3.63, 3.8) is 0 Å². The maximum Gasteiger partial charge on any atom is 0.352 e. The molecular weight excluding hydrogens is 404 g/mol. The number of para-hydroxylation sites is 1. The Hall–Kier alpha value is -4.13. The van der Waals surface area contributed by atoms with Gasteiger partial charge in [0.1, 0.15) is 5.75 Å². The van der Waals surface area contributed by atoms with Crippen molar-refractivity contribution in [2.75, 3.05) is 7.11 Å². The monoisotopic (exact) mass is 426 g/mol. The Kier molecular flexibility index (Phi) is 5.07. The number of aromatic nitrogens is 4. The van der Waals surface area contributed by atoms with Crippen molar-refractivity contribution in [2.45, 2.75) is 19.5 Å². The molecule has 0 aliphatic heterocycles. The molecule has 3 aromatic carbocycles. The van der Waals surface area contributed by atoms with E-state index in [0.29, 0.717) is 35.4 Å². The summed E-state index contributed by atoms with van der Waals surface area (Å²) in [7, 11) is 1.60. The first-order valence-corrected chi connectivity index (χ1v) is 10.4. The molecule has 0 amide bonds. The lowest BCUT2D eigenvalue weighted by Gasteiger charge is -2.09. The third kappa shape index (κ3) is 3.47. The van der Waals surface area contributed by atoms with E-state index in [-0.39, 0.29) is 17.8 Å². The number of ether oxygens (including phenoxy) is 1. The summed E-state index contributed by atoms with van der Waals surface area (Å²) < 4.78 is 9.81. The fourth-order valence-corrected chi connectivity index (χ4v) is 4.00. The average molecular weight is 426 g/mol. The first-order valence-electron chi connectivity index (χ1n) is 10.4. The highest BCUT2D eigenvalue weighted by Crippen LogP contribution is 2.15. The van der Waals surface area contributed by atoms with Gasteiger partial charge in [-0.2, -0.15) is 0 Å². The van der Waals surface area contributed by atoms with Crippen LogP contribution in [0.5, 0.6) is 5.75 Å². The first-order chi connectivity index (χ1) is 15.7. The summed E-state index contributed by atoms with van der Waals surface area (Å²) in [6.45, 7) is 0.700. The van der Waals surface area contributed by atoms with Crippen molar-refractivity contribution in [3.8, 4) is 5.75 Å². The summed E-state index contributed by atoms with van der Waals surface area (Å²) in [5.41, 5.74) is 2.13. The number of hydrogen-bond donors (Lipinski definition) is 0. The van der Waals surface area contributed by atoms with Gasteiger partial charge in [0.2, 0.25) is 5.78 Å². The summed E-state index contributed by atoms with van der Waals surface area (Å²) in [4.78, 5) is 26.7. The molecule has 0 spiro atoms. The van der Waals surface area contributed by atoms with Gasteiger partial charge in [0.05, 0.1) is 24.6 Å². The molecule has 0 unspecified atom stereocenters. The zero-order valence-electron chi connectivity index (χ0n) is 17.6. The van der Waals surface area contributed by atoms with Crippen LogP contribution in [0, 0.1) is 0 Å². The lowest BCUT2D eigenvalue weighted by molar-refractivity contribution is 0.414. The van der Waals surface area contributed by atoms with Gasteiger partial charge < -0.3 is 4.74 Å². The zero-order chi connectivity index (χ0) is 22.1. The molecule has 5 aromatic rings. The predicted octanol–water partition coefficient (Wildman–Crippen LogP) is 3.11. The Bertz CT molecular complexity index is 1530. The topological polar surface area (TPSA) is 70.5 Å². The third-order valence-corrected chi connectivity index (χ3v) is 5.62. The minimum absolute atomic E-state index is 0.150. The van der Waals surface area contributed by atoms with Crippen LogP contribution < -0.4 is 16.0 Å². The fourth-order valence-electron chi connectivity index (χ4n) is 4.00. The van der Waals surface area contributed by atoms with Crippen LogP contribution in [0.15, 0.2) is 88.5 Å². The van der Waals surface area contributed by atoms with Crippen LogP contribution in [0.25, 0.3) is 16.7 Å². The van der Waals surface area contributed by atoms with E-state index in [1.54, 1.807) is 23.8 Å². The first kappa shape index (κ1) is 19.8. The van der Waals surface area contributed by atoms with Crippen molar-refractivity contribution in [2.24, 2.45) is 0 Å². The van der Waals surface area contributed by atoms with E-state index in [4.69, 9.17) is 4.74 Å². The molecule has 0 aliphatic carbocycles. The molecule has 5 rings (SSSR count). The minimum Gasteiger partial charge on any atom is -0.497 e. The van der Waals surface area contributed by atoms with E-state index >= 15 is 0 Å². The molecule has 160 valence electrons. The molecule has 0 bridgehead atoms. The Morgan fingerprint density at radius 3 is 2.44 bits per heavy atom. The lowest BCUT2D eigenvalue weighted by Crippen LogP contribution is -2.27. The van der Waals surface area contributed by atoms with Gasteiger partial charge in [0.15, 0.2) is 0 Å². The average Bonchev–Trinajstić information content (AvgIpc) is 3.15. The van der Waals surface area contributed by atoms with Crippen molar-refractivity contribution in [1.82, 2.24) is 18.7 Å². The van der Waals surface area contributed by atoms with E-state index in [1.807, 2.05) is 66.7 Å². The van der Waals surface area contributed by atoms with E-state index in [9.17, 15) is 9.59 Å². The van der Waals surface area contributed by atoms with E-state index in [1.165, 1.54) is 9.08 Å². The number of aryl methyl sites for hydroxylation is 2. The number of methoxy groups -OCH3 is 1. The fraction of sp³-hybridized carbons (Fsp3) is 0.160. The van der Waals surface area contributed by atoms with Crippen LogP contribution >= 0.6 is 0 Å². The Labute approximate surface area is 183 Å². The van der Waals surface area contributed by atoms with Crippen LogP contribution in [0.3, 0.4) is 0 Å². The summed E-state index contributed by atoms with van der Waals surface area (Å²) in [5, 5.41) is 5.07. The number of rotatable bonds is 6. The Morgan fingerprint density at radius 2 is 1.62 bits per heavy atom. The zero-order valence-corrected chi connectivity index (χ0v) is 17.6. The van der Waals surface area contributed by atoms with Gasteiger partial charge in [0.25, 0.3) is 5.56 Å². The van der Waals surface area contributed by atoms with Gasteiger partial charge in [-0.1, -0.05) is 54.6 Å². The van der Waals surface area contributed by atoms with Gasteiger partial charge in [-0.05, 0) is 41.8 Å². The van der Waals surface area contributed by atoms with E-state index in [2.05, 4.69) is 5.10 Å². The van der Waals surface area contributed by atoms with Crippen molar-refractivity contribution in [1.29, 1.82) is 0 Å². The maximum absolute atomic E-state index is 13.4. The molecule has 2 heterocycles. The number of benzene rings is 3. The molecule has 7 heteroatoms. The Morgan fingerprint density at radius 1 is 0.875 bits per heavy atom. The van der Waals surface area contributed by atoms with Gasteiger partial charge in [-0.15, -0.1) is 5.10 Å². The van der Waals surface area contributed by atoms with Gasteiger partial charge in [-0.3, -0.25) is 9.36 Å². The number of nitrogens with zero attached hydrogens (tertiary/aromatic N) is 4. The molecule has 0 aliphatic rings. The highest BCUT2D eigenvalue weighted by atomic mass is 16.5. The predicted molar refractivity (Wildman–Crippen MR) is 123 cm³/mol. The minimum atomic E-state index is -0.285. The highest BCUT2D eigenvalue weighted by Gasteiger charge is 2.17. The highest BCUT2D eigenvalue weighted by molar-refractivity contribution is 5.80. The van der Waals surface area contributed by atoms with Gasteiger partial charge in [0, 0.05) is 6.54 Å². The van der Waals surface area contributed by atoms with Crippen LogP contribution in [-0.2, 0) is 19.5 Å². The SMILES string of the molecule is COc1cccc(Cn2nc3n(CCc4ccccc4)c(=O)c4ccccc4n3c2=O)c1. The van der Waals surface area contributed by atoms with Crippen LogP contribution in [-0.4, -0.2) is 25.9 Å². The van der Waals surface area contributed by atoms with Crippen LogP contribution in [0.4, 0.5) is 0 Å². The molecule has 0 radical (unpaired) electrons. The molecule has 2 aromatic heterocycles. The van der Waals surface area contributed by atoms with Crippen LogP contribution in [0.2, 0.25) is 0 Å². The maximum atomic E-state index is 13.4. The summed E-state index contributed by atoms with van der Waals surface area (Å²) in [5.74, 6) is 1.06. The summed E-state index contributed by atoms with van der Waals surface area (Å²) >= 11 is 0. The molecule has 7 nitrogen and oxygen atoms in total. The molecule has 32 heavy (non-hydrogen) atoms. The summed E-state index contributed by atoms with van der Waals surface area (Å²) in [6, 6.07) is 24.6. The second kappa shape index (κ2) is 8.19. The van der Waals surface area contributed by atoms with Crippen molar-refractivity contribution < 1.29 is 4.74 Å². The second-order valence-corrected chi connectivity index (χ2v) is 7.64. The third-order valence-electron chi connectivity index (χ3n) is 5.62. The second-order valence-electron chi connectivity index (χ2n) is 7.64. The van der Waals surface area contributed by atoms with Gasteiger partial charge >= 0.3 is 5.69 Å². The molecule has 0 saturated heterocycles. The summed E-state index contributed by atoms with van der Waals surface area (Å²) in [6.07, 6.45) is 0.658. The normalized spacial score (nSPS) is 11.3. The molecular formula is C25H22N4O3. The van der Waals surface area contributed by atoms with Crippen molar-refractivity contribution >= 4 is 16.7 Å².